The third-order valence-electron chi connectivity index (χ3n) is 6.47. The highest BCUT2D eigenvalue weighted by Crippen LogP contribution is 2.31. The lowest BCUT2D eigenvalue weighted by Crippen LogP contribution is -2.52. The van der Waals surface area contributed by atoms with Crippen LogP contribution in [0, 0.1) is 5.92 Å². The highest BCUT2D eigenvalue weighted by atomic mass is 16.5. The van der Waals surface area contributed by atoms with E-state index in [1.54, 1.807) is 18.1 Å². The predicted octanol–water partition coefficient (Wildman–Crippen LogP) is 2.07. The lowest BCUT2D eigenvalue weighted by atomic mass is 9.83. The average molecular weight is 413 g/mol. The molecule has 8 heteroatoms. The summed E-state index contributed by atoms with van der Waals surface area (Å²) in [5.74, 6) is 0.646. The molecule has 2 saturated heterocycles. The summed E-state index contributed by atoms with van der Waals surface area (Å²) in [7, 11) is 1.69. The van der Waals surface area contributed by atoms with Gasteiger partial charge in [0.25, 0.3) is 5.91 Å². The number of tetrazole rings is 1. The zero-order valence-electron chi connectivity index (χ0n) is 17.8. The van der Waals surface area contributed by atoms with Crippen molar-refractivity contribution in [3.05, 3.63) is 41.7 Å². The molecule has 0 saturated carbocycles. The number of nitrogens with zero attached hydrogens (tertiary/aromatic N) is 6. The normalized spacial score (nSPS) is 21.9. The Balaban J connectivity index is 1.43. The number of carbonyl (C=O) groups excluding carboxylic acids is 1. The number of ether oxygens (including phenoxy) is 1. The van der Waals surface area contributed by atoms with Crippen LogP contribution in [0.3, 0.4) is 0 Å². The quantitative estimate of drug-likeness (QED) is 0.661. The molecule has 30 heavy (non-hydrogen) atoms. The van der Waals surface area contributed by atoms with E-state index in [1.165, 1.54) is 45.2 Å². The van der Waals surface area contributed by atoms with Crippen LogP contribution in [0.2, 0.25) is 0 Å². The molecule has 8 nitrogen and oxygen atoms in total. The van der Waals surface area contributed by atoms with Crippen molar-refractivity contribution in [2.24, 2.45) is 5.92 Å². The van der Waals surface area contributed by atoms with E-state index in [0.717, 1.165) is 17.7 Å². The van der Waals surface area contributed by atoms with E-state index in [1.807, 2.05) is 29.2 Å². The minimum absolute atomic E-state index is 0.0916. The maximum absolute atomic E-state index is 13.3. The van der Waals surface area contributed by atoms with Crippen LogP contribution in [0.1, 0.15) is 48.0 Å². The van der Waals surface area contributed by atoms with Gasteiger partial charge >= 0.3 is 0 Å². The molecule has 2 atom stereocenters. The molecule has 0 bridgehead atoms. The number of rotatable bonds is 8. The molecular weight excluding hydrogens is 380 g/mol. The van der Waals surface area contributed by atoms with Gasteiger partial charge in [-0.25, -0.2) is 4.68 Å². The molecule has 2 fully saturated rings. The smallest absolute Gasteiger partial charge is 0.253 e. The van der Waals surface area contributed by atoms with E-state index < -0.39 is 0 Å². The topological polar surface area (TPSA) is 76.4 Å². The number of hydrogen-bond acceptors (Lipinski definition) is 6. The zero-order valence-corrected chi connectivity index (χ0v) is 17.8. The zero-order chi connectivity index (χ0) is 20.8. The Morgan fingerprint density at radius 3 is 2.77 bits per heavy atom. The molecule has 2 unspecified atom stereocenters. The van der Waals surface area contributed by atoms with Crippen LogP contribution >= 0.6 is 0 Å². The summed E-state index contributed by atoms with van der Waals surface area (Å²) in [5.41, 5.74) is 1.79. The van der Waals surface area contributed by atoms with Crippen LogP contribution < -0.4 is 0 Å². The maximum Gasteiger partial charge on any atom is 0.253 e. The first-order valence-electron chi connectivity index (χ1n) is 11.1. The number of piperidine rings is 2. The van der Waals surface area contributed by atoms with Gasteiger partial charge in [0.15, 0.2) is 0 Å². The summed E-state index contributed by atoms with van der Waals surface area (Å²) in [6, 6.07) is 8.41. The highest BCUT2D eigenvalue weighted by molar-refractivity contribution is 5.94. The number of aromatic nitrogens is 4. The van der Waals surface area contributed by atoms with E-state index in [0.29, 0.717) is 31.7 Å². The van der Waals surface area contributed by atoms with Crippen LogP contribution in [0.15, 0.2) is 30.6 Å². The minimum atomic E-state index is 0.0916. The van der Waals surface area contributed by atoms with E-state index >= 15 is 0 Å². The first-order valence-corrected chi connectivity index (χ1v) is 11.1. The first-order chi connectivity index (χ1) is 14.7. The van der Waals surface area contributed by atoms with Gasteiger partial charge in [-0.15, -0.1) is 5.10 Å². The van der Waals surface area contributed by atoms with Gasteiger partial charge in [0.2, 0.25) is 0 Å². The minimum Gasteiger partial charge on any atom is -0.383 e. The van der Waals surface area contributed by atoms with Crippen molar-refractivity contribution < 1.29 is 9.53 Å². The van der Waals surface area contributed by atoms with Gasteiger partial charge in [-0.2, -0.15) is 0 Å². The monoisotopic (exact) mass is 412 g/mol. The third kappa shape index (κ3) is 5.05. The second-order valence-electron chi connectivity index (χ2n) is 8.45. The Bertz CT molecular complexity index is 792. The number of carbonyl (C=O) groups is 1. The fourth-order valence-electron chi connectivity index (χ4n) is 4.93. The Morgan fingerprint density at radius 1 is 1.17 bits per heavy atom. The number of hydrogen-bond donors (Lipinski definition) is 0. The molecular formula is C22H32N6O2. The van der Waals surface area contributed by atoms with Gasteiger partial charge in [-0.3, -0.25) is 4.79 Å². The Kier molecular flexibility index (Phi) is 7.07. The number of benzene rings is 1. The van der Waals surface area contributed by atoms with Gasteiger partial charge in [-0.05, 0) is 72.8 Å². The van der Waals surface area contributed by atoms with Gasteiger partial charge in [0, 0.05) is 31.8 Å². The molecule has 2 aromatic rings. The molecule has 1 aromatic heterocycles. The van der Waals surface area contributed by atoms with Gasteiger partial charge < -0.3 is 14.5 Å². The van der Waals surface area contributed by atoms with Gasteiger partial charge in [-0.1, -0.05) is 18.6 Å². The van der Waals surface area contributed by atoms with Crippen LogP contribution in [0.25, 0.3) is 0 Å². The fraction of sp³-hybridized carbons (Fsp3) is 0.636. The van der Waals surface area contributed by atoms with Crippen molar-refractivity contribution >= 4 is 5.91 Å². The van der Waals surface area contributed by atoms with Crippen LogP contribution in [0.5, 0.6) is 0 Å². The highest BCUT2D eigenvalue weighted by Gasteiger charge is 2.34. The van der Waals surface area contributed by atoms with Crippen molar-refractivity contribution in [3.8, 4) is 0 Å². The van der Waals surface area contributed by atoms with Crippen LogP contribution in [0.4, 0.5) is 0 Å². The molecule has 0 spiro atoms. The van der Waals surface area contributed by atoms with Crippen LogP contribution in [-0.2, 0) is 11.3 Å². The third-order valence-corrected chi connectivity index (χ3v) is 6.47. The number of fused-ring (bicyclic) bond motifs is 1. The first kappa shape index (κ1) is 20.9. The molecule has 2 aliphatic heterocycles. The molecule has 3 heterocycles. The molecule has 4 rings (SSSR count). The number of methoxy groups -OCH3 is 1. The fourth-order valence-corrected chi connectivity index (χ4v) is 4.93. The summed E-state index contributed by atoms with van der Waals surface area (Å²) >= 11 is 0. The Hall–Kier alpha value is -2.32. The molecule has 1 aromatic carbocycles. The van der Waals surface area contributed by atoms with Gasteiger partial charge in [0.05, 0.1) is 13.2 Å². The second kappa shape index (κ2) is 10.1. The average Bonchev–Trinajstić information content (AvgIpc) is 3.30. The lowest BCUT2D eigenvalue weighted by molar-refractivity contribution is 0.0315. The largest absolute Gasteiger partial charge is 0.383 e. The summed E-state index contributed by atoms with van der Waals surface area (Å²) < 4.78 is 6.97. The van der Waals surface area contributed by atoms with Crippen molar-refractivity contribution in [1.29, 1.82) is 0 Å². The molecule has 0 radical (unpaired) electrons. The second-order valence-corrected chi connectivity index (χ2v) is 8.45. The Labute approximate surface area is 178 Å². The van der Waals surface area contributed by atoms with Crippen molar-refractivity contribution in [1.82, 2.24) is 30.0 Å². The van der Waals surface area contributed by atoms with E-state index in [2.05, 4.69) is 20.4 Å². The summed E-state index contributed by atoms with van der Waals surface area (Å²) in [4.78, 5) is 18.0. The van der Waals surface area contributed by atoms with Crippen molar-refractivity contribution in [2.45, 2.75) is 44.7 Å². The standard InChI is InChI=1S/C22H32N6O2/c1-30-14-13-27(16-20-5-4-12-26-11-3-2-6-21(20)26)22(29)19-9-7-18(8-10-19)15-28-17-23-24-25-28/h7-10,17,20-21H,2-6,11-16H2,1H3. The molecule has 2 aliphatic rings. The summed E-state index contributed by atoms with van der Waals surface area (Å²) in [6.45, 7) is 5.03. The van der Waals surface area contributed by atoms with E-state index in [-0.39, 0.29) is 5.91 Å². The van der Waals surface area contributed by atoms with Gasteiger partial charge in [0.1, 0.15) is 6.33 Å². The van der Waals surface area contributed by atoms with Crippen LogP contribution in [-0.4, -0.2) is 81.9 Å². The molecule has 1 amide bonds. The number of amides is 1. The predicted molar refractivity (Wildman–Crippen MR) is 113 cm³/mol. The SMILES string of the molecule is COCCN(CC1CCCN2CCCCC12)C(=O)c1ccc(Cn2cnnn2)cc1. The molecule has 0 N–H and O–H groups in total. The maximum atomic E-state index is 13.3. The summed E-state index contributed by atoms with van der Waals surface area (Å²) in [5, 5.41) is 11.2. The Morgan fingerprint density at radius 2 is 2.00 bits per heavy atom. The summed E-state index contributed by atoms with van der Waals surface area (Å²) in [6.07, 6.45) is 7.92. The molecule has 162 valence electrons. The lowest BCUT2D eigenvalue weighted by Gasteiger charge is -2.45. The van der Waals surface area contributed by atoms with Crippen molar-refractivity contribution in [2.75, 3.05) is 39.9 Å². The molecule has 0 aliphatic carbocycles. The van der Waals surface area contributed by atoms with Crippen molar-refractivity contribution in [3.63, 3.8) is 0 Å². The van der Waals surface area contributed by atoms with E-state index in [9.17, 15) is 4.79 Å². The van der Waals surface area contributed by atoms with E-state index in [4.69, 9.17) is 4.74 Å².